The van der Waals surface area contributed by atoms with Crippen LogP contribution in [0.4, 0.5) is 0 Å². The number of benzene rings is 3. The van der Waals surface area contributed by atoms with E-state index in [1.54, 1.807) is 12.1 Å². The van der Waals surface area contributed by atoms with Crippen LogP contribution in [0.3, 0.4) is 0 Å². The molecule has 1 heterocycles. The number of aliphatic imine (C=N–C) groups is 1. The molecule has 218 valence electrons. The Balaban J connectivity index is 1.53. The van der Waals surface area contributed by atoms with Crippen molar-refractivity contribution in [3.63, 3.8) is 0 Å². The Labute approximate surface area is 244 Å². The van der Waals surface area contributed by atoms with Crippen LogP contribution in [0.15, 0.2) is 83.9 Å². The number of aliphatic hydroxyl groups excluding tert-OH is 1. The fourth-order valence-electron chi connectivity index (χ4n) is 4.48. The van der Waals surface area contributed by atoms with Crippen LogP contribution in [0, 0.1) is 0 Å². The highest BCUT2D eigenvalue weighted by Gasteiger charge is 2.47. The van der Waals surface area contributed by atoms with Crippen molar-refractivity contribution in [1.29, 1.82) is 0 Å². The van der Waals surface area contributed by atoms with E-state index in [0.29, 0.717) is 5.02 Å². The van der Waals surface area contributed by atoms with Crippen molar-refractivity contribution < 1.29 is 28.8 Å². The quantitative estimate of drug-likeness (QED) is 0.188. The summed E-state index contributed by atoms with van der Waals surface area (Å²) < 4.78 is 23.7. The highest BCUT2D eigenvalue weighted by molar-refractivity contribution is 6.30. The molecule has 0 spiro atoms. The fraction of sp³-hybridized carbons (Fsp3) is 0.333. The van der Waals surface area contributed by atoms with Crippen LogP contribution in [0.1, 0.15) is 11.1 Å². The molecule has 41 heavy (non-hydrogen) atoms. The number of methoxy groups -OCH3 is 1. The number of guanidine groups is 1. The fourth-order valence-corrected chi connectivity index (χ4v) is 4.61. The summed E-state index contributed by atoms with van der Waals surface area (Å²) in [6, 6.07) is 24.2. The number of aliphatic hydroxyl groups is 1. The maximum Gasteiger partial charge on any atom is 0.242 e. The van der Waals surface area contributed by atoms with Gasteiger partial charge in [0.2, 0.25) is 5.91 Å². The number of rotatable bonds is 12. The third kappa shape index (κ3) is 8.74. The predicted molar refractivity (Wildman–Crippen MR) is 156 cm³/mol. The molecule has 1 unspecified atom stereocenters. The number of hydrogen-bond donors (Lipinski definition) is 4. The van der Waals surface area contributed by atoms with Gasteiger partial charge in [-0.3, -0.25) is 4.79 Å². The monoisotopic (exact) mass is 582 g/mol. The van der Waals surface area contributed by atoms with Gasteiger partial charge in [-0.15, -0.1) is 0 Å². The summed E-state index contributed by atoms with van der Waals surface area (Å²) in [4.78, 5) is 16.5. The Bertz CT molecular complexity index is 1270. The van der Waals surface area contributed by atoms with E-state index in [4.69, 9.17) is 42.0 Å². The van der Waals surface area contributed by atoms with Crippen molar-refractivity contribution in [1.82, 2.24) is 5.32 Å². The lowest BCUT2D eigenvalue weighted by molar-refractivity contribution is -0.282. The highest BCUT2D eigenvalue weighted by Crippen LogP contribution is 2.27. The van der Waals surface area contributed by atoms with Crippen molar-refractivity contribution in [2.75, 3.05) is 20.3 Å². The van der Waals surface area contributed by atoms with Gasteiger partial charge in [-0.25, -0.2) is 4.99 Å². The van der Waals surface area contributed by atoms with Gasteiger partial charge in [0.1, 0.15) is 30.9 Å². The molecule has 1 saturated heterocycles. The minimum absolute atomic E-state index is 0.0856. The summed E-state index contributed by atoms with van der Waals surface area (Å²) in [5.41, 5.74) is 14.7. The summed E-state index contributed by atoms with van der Waals surface area (Å²) in [7, 11) is 1.51. The number of nitrogens with zero attached hydrogens (tertiary/aromatic N) is 1. The number of carbonyl (C=O) groups is 1. The zero-order valence-electron chi connectivity index (χ0n) is 22.7. The van der Waals surface area contributed by atoms with E-state index in [9.17, 15) is 9.90 Å². The normalized spacial score (nSPS) is 22.2. The standard InChI is InChI=1S/C30H35ClN4O6/c1-38-18-24-27(37)28(39-16-19-7-11-22(12-8-19)21-5-3-2-4-6-21)26(35-25(36)15-34-30(32)33)29(41-24)40-17-20-9-13-23(31)14-10-20/h2-14,24,26-29,37H,15-18H2,1H3,(H,35,36)(H4,32,33,34)/t24-,26-,27-,28-,29?/m1/s1. The second kappa shape index (κ2) is 14.9. The molecule has 1 fully saturated rings. The summed E-state index contributed by atoms with van der Waals surface area (Å²) in [5, 5.41) is 14.7. The molecule has 5 atom stereocenters. The number of ether oxygens (including phenoxy) is 4. The van der Waals surface area contributed by atoms with Crippen molar-refractivity contribution >= 4 is 23.5 Å². The summed E-state index contributed by atoms with van der Waals surface area (Å²) >= 11 is 6.01. The first-order valence-corrected chi connectivity index (χ1v) is 13.5. The minimum Gasteiger partial charge on any atom is -0.388 e. The summed E-state index contributed by atoms with van der Waals surface area (Å²) in [5.74, 6) is -0.715. The third-order valence-electron chi connectivity index (χ3n) is 6.57. The average Bonchev–Trinajstić information content (AvgIpc) is 2.98. The Kier molecular flexibility index (Phi) is 11.1. The molecule has 1 aliphatic heterocycles. The molecule has 1 amide bonds. The molecule has 1 aliphatic rings. The van der Waals surface area contributed by atoms with Gasteiger partial charge in [-0.2, -0.15) is 0 Å². The molecule has 0 aliphatic carbocycles. The van der Waals surface area contributed by atoms with Crippen molar-refractivity contribution in [2.45, 2.75) is 43.9 Å². The zero-order chi connectivity index (χ0) is 29.2. The molecule has 11 heteroatoms. The van der Waals surface area contributed by atoms with Crippen molar-refractivity contribution in [2.24, 2.45) is 16.5 Å². The zero-order valence-corrected chi connectivity index (χ0v) is 23.4. The van der Waals surface area contributed by atoms with E-state index in [-0.39, 0.29) is 32.3 Å². The molecule has 4 rings (SSSR count). The molecule has 3 aromatic rings. The number of carbonyl (C=O) groups excluding carboxylic acids is 1. The van der Waals surface area contributed by atoms with Crippen LogP contribution in [0.5, 0.6) is 0 Å². The van der Waals surface area contributed by atoms with Crippen molar-refractivity contribution in [3.8, 4) is 11.1 Å². The average molecular weight is 583 g/mol. The van der Waals surface area contributed by atoms with Gasteiger partial charge in [0.25, 0.3) is 0 Å². The minimum atomic E-state index is -1.14. The predicted octanol–water partition coefficient (Wildman–Crippen LogP) is 2.60. The maximum atomic E-state index is 12.8. The molecule has 0 bridgehead atoms. The first-order valence-electron chi connectivity index (χ1n) is 13.1. The number of amides is 1. The van der Waals surface area contributed by atoms with E-state index < -0.39 is 36.6 Å². The van der Waals surface area contributed by atoms with Crippen LogP contribution in [0.25, 0.3) is 11.1 Å². The smallest absolute Gasteiger partial charge is 0.242 e. The molecular weight excluding hydrogens is 548 g/mol. The van der Waals surface area contributed by atoms with Crippen LogP contribution in [-0.2, 0) is 37.0 Å². The number of nitrogens with two attached hydrogens (primary N) is 2. The molecule has 0 aromatic heterocycles. The Morgan fingerprint density at radius 3 is 2.20 bits per heavy atom. The molecule has 6 N–H and O–H groups in total. The lowest BCUT2D eigenvalue weighted by atomic mass is 9.96. The lowest BCUT2D eigenvalue weighted by Gasteiger charge is -2.44. The molecular formula is C30H35ClN4O6. The number of halogens is 1. The van der Waals surface area contributed by atoms with Gasteiger partial charge < -0.3 is 40.8 Å². The molecule has 0 saturated carbocycles. The van der Waals surface area contributed by atoms with E-state index in [0.717, 1.165) is 22.3 Å². The highest BCUT2D eigenvalue weighted by atomic mass is 35.5. The van der Waals surface area contributed by atoms with Gasteiger partial charge in [-0.05, 0) is 34.4 Å². The van der Waals surface area contributed by atoms with Gasteiger partial charge >= 0.3 is 0 Å². The molecule has 0 radical (unpaired) electrons. The van der Waals surface area contributed by atoms with Crippen LogP contribution < -0.4 is 16.8 Å². The Morgan fingerprint density at radius 1 is 0.951 bits per heavy atom. The van der Waals surface area contributed by atoms with Gasteiger partial charge in [0.05, 0.1) is 19.8 Å². The summed E-state index contributed by atoms with van der Waals surface area (Å²) in [6.07, 6.45) is -3.80. The molecule has 3 aromatic carbocycles. The molecule has 10 nitrogen and oxygen atoms in total. The Morgan fingerprint density at radius 2 is 1.56 bits per heavy atom. The number of hydrogen-bond acceptors (Lipinski definition) is 7. The summed E-state index contributed by atoms with van der Waals surface area (Å²) in [6.45, 7) is 0.0997. The van der Waals surface area contributed by atoms with E-state index >= 15 is 0 Å². The first kappa shape index (κ1) is 30.4. The van der Waals surface area contributed by atoms with Gasteiger partial charge in [0, 0.05) is 12.1 Å². The van der Waals surface area contributed by atoms with Crippen LogP contribution in [0.2, 0.25) is 5.02 Å². The second-order valence-electron chi connectivity index (χ2n) is 9.60. The van der Waals surface area contributed by atoms with Crippen molar-refractivity contribution in [3.05, 3.63) is 95.0 Å². The van der Waals surface area contributed by atoms with Crippen LogP contribution >= 0.6 is 11.6 Å². The third-order valence-corrected chi connectivity index (χ3v) is 6.82. The lowest BCUT2D eigenvalue weighted by Crippen LogP contribution is -2.65. The van der Waals surface area contributed by atoms with E-state index in [1.165, 1.54) is 7.11 Å². The van der Waals surface area contributed by atoms with Crippen LogP contribution in [-0.4, -0.2) is 67.9 Å². The largest absolute Gasteiger partial charge is 0.388 e. The van der Waals surface area contributed by atoms with Gasteiger partial charge in [-0.1, -0.05) is 78.3 Å². The second-order valence-corrected chi connectivity index (χ2v) is 10.0. The number of nitrogens with one attached hydrogen (secondary N) is 1. The van der Waals surface area contributed by atoms with E-state index in [2.05, 4.69) is 10.3 Å². The maximum absolute atomic E-state index is 12.8. The van der Waals surface area contributed by atoms with Gasteiger partial charge in [0.15, 0.2) is 12.2 Å². The first-order chi connectivity index (χ1) is 19.8. The Hall–Kier alpha value is -3.51. The topological polar surface area (TPSA) is 151 Å². The SMILES string of the molecule is COC[C@H]1OC(OCc2ccc(Cl)cc2)[C@H](NC(=O)CN=C(N)N)[C@@H](OCc2ccc(-c3ccccc3)cc2)[C@@H]1O. The van der Waals surface area contributed by atoms with E-state index in [1.807, 2.05) is 66.7 Å².